The van der Waals surface area contributed by atoms with Gasteiger partial charge in [-0.25, -0.2) is 4.39 Å². The molecule has 5 heteroatoms. The topological polar surface area (TPSA) is 21.3 Å². The van der Waals surface area contributed by atoms with Gasteiger partial charge in [0.2, 0.25) is 0 Å². The van der Waals surface area contributed by atoms with Crippen molar-refractivity contribution in [2.24, 2.45) is 0 Å². The molecular formula is C14H12Br2FNO. The lowest BCUT2D eigenvalue weighted by Gasteiger charge is -2.13. The predicted molar refractivity (Wildman–Crippen MR) is 82.1 cm³/mol. The monoisotopic (exact) mass is 387 g/mol. The van der Waals surface area contributed by atoms with Gasteiger partial charge < -0.3 is 10.1 Å². The van der Waals surface area contributed by atoms with Gasteiger partial charge in [-0.1, -0.05) is 28.1 Å². The Hall–Kier alpha value is -1.07. The fourth-order valence-electron chi connectivity index (χ4n) is 1.77. The molecule has 0 saturated carbocycles. The first-order chi connectivity index (χ1) is 9.11. The van der Waals surface area contributed by atoms with Gasteiger partial charge in [0, 0.05) is 16.6 Å². The first-order valence-electron chi connectivity index (χ1n) is 5.62. The molecule has 0 fully saturated rings. The normalized spacial score (nSPS) is 10.3. The lowest BCUT2D eigenvalue weighted by atomic mass is 10.2. The summed E-state index contributed by atoms with van der Waals surface area (Å²) >= 11 is 6.87. The van der Waals surface area contributed by atoms with E-state index in [1.807, 2.05) is 12.1 Å². The number of para-hydroxylation sites is 1. The van der Waals surface area contributed by atoms with Crippen LogP contribution in [-0.4, -0.2) is 7.11 Å². The number of rotatable bonds is 4. The zero-order valence-electron chi connectivity index (χ0n) is 10.2. The summed E-state index contributed by atoms with van der Waals surface area (Å²) < 4.78 is 20.7. The Labute approximate surface area is 128 Å². The molecule has 0 radical (unpaired) electrons. The first-order valence-corrected chi connectivity index (χ1v) is 7.20. The molecule has 0 aromatic heterocycles. The molecule has 0 aliphatic carbocycles. The summed E-state index contributed by atoms with van der Waals surface area (Å²) in [4.78, 5) is 0. The highest BCUT2D eigenvalue weighted by molar-refractivity contribution is 9.11. The van der Waals surface area contributed by atoms with Crippen LogP contribution in [0.25, 0.3) is 0 Å². The van der Waals surface area contributed by atoms with Crippen molar-refractivity contribution in [3.8, 4) is 5.75 Å². The van der Waals surface area contributed by atoms with E-state index in [-0.39, 0.29) is 5.82 Å². The Balaban J connectivity index is 2.22. The lowest BCUT2D eigenvalue weighted by Crippen LogP contribution is -2.03. The van der Waals surface area contributed by atoms with Crippen molar-refractivity contribution in [3.05, 3.63) is 56.7 Å². The van der Waals surface area contributed by atoms with Crippen LogP contribution in [0.1, 0.15) is 5.56 Å². The van der Waals surface area contributed by atoms with E-state index in [9.17, 15) is 4.39 Å². The van der Waals surface area contributed by atoms with Gasteiger partial charge in [0.15, 0.2) is 0 Å². The summed E-state index contributed by atoms with van der Waals surface area (Å²) in [5.41, 5.74) is 1.41. The standard InChI is InChI=1S/C14H12Br2FNO/c1-19-14-9(6-10(15)7-11(14)16)8-18-13-5-3-2-4-12(13)17/h2-7,18H,8H2,1H3. The van der Waals surface area contributed by atoms with E-state index in [0.29, 0.717) is 12.2 Å². The van der Waals surface area contributed by atoms with Crippen molar-refractivity contribution in [2.45, 2.75) is 6.54 Å². The SMILES string of the molecule is COc1c(Br)cc(Br)cc1CNc1ccccc1F. The third-order valence-corrected chi connectivity index (χ3v) is 3.68. The number of hydrogen-bond donors (Lipinski definition) is 1. The van der Waals surface area contributed by atoms with Crippen LogP contribution in [-0.2, 0) is 6.54 Å². The molecule has 1 N–H and O–H groups in total. The maximum absolute atomic E-state index is 13.5. The third kappa shape index (κ3) is 3.48. The Bertz CT molecular complexity index is 590. The fraction of sp³-hybridized carbons (Fsp3) is 0.143. The maximum Gasteiger partial charge on any atom is 0.146 e. The van der Waals surface area contributed by atoms with Crippen molar-refractivity contribution >= 4 is 37.5 Å². The highest BCUT2D eigenvalue weighted by atomic mass is 79.9. The largest absolute Gasteiger partial charge is 0.495 e. The van der Waals surface area contributed by atoms with Crippen molar-refractivity contribution < 1.29 is 9.13 Å². The summed E-state index contributed by atoms with van der Waals surface area (Å²) in [6.07, 6.45) is 0. The zero-order chi connectivity index (χ0) is 13.8. The third-order valence-electron chi connectivity index (χ3n) is 2.63. The molecule has 0 amide bonds. The van der Waals surface area contributed by atoms with Crippen LogP contribution in [0.15, 0.2) is 45.3 Å². The Morgan fingerprint density at radius 2 is 1.95 bits per heavy atom. The molecule has 0 saturated heterocycles. The number of anilines is 1. The number of nitrogens with one attached hydrogen (secondary N) is 1. The van der Waals surface area contributed by atoms with Gasteiger partial charge in [0.05, 0.1) is 17.3 Å². The molecule has 0 bridgehead atoms. The van der Waals surface area contributed by atoms with E-state index in [4.69, 9.17) is 4.74 Å². The molecule has 2 aromatic rings. The average molecular weight is 389 g/mol. The van der Waals surface area contributed by atoms with Crippen molar-refractivity contribution in [1.82, 2.24) is 0 Å². The van der Waals surface area contributed by atoms with Gasteiger partial charge in [0.25, 0.3) is 0 Å². The summed E-state index contributed by atoms with van der Waals surface area (Å²) in [6.45, 7) is 0.474. The molecule has 2 nitrogen and oxygen atoms in total. The van der Waals surface area contributed by atoms with Gasteiger partial charge in [-0.15, -0.1) is 0 Å². The minimum atomic E-state index is -0.268. The average Bonchev–Trinajstić information content (AvgIpc) is 2.37. The van der Waals surface area contributed by atoms with E-state index in [2.05, 4.69) is 37.2 Å². The zero-order valence-corrected chi connectivity index (χ0v) is 13.4. The Morgan fingerprint density at radius 1 is 1.21 bits per heavy atom. The van der Waals surface area contributed by atoms with E-state index in [1.165, 1.54) is 6.07 Å². The van der Waals surface area contributed by atoms with E-state index >= 15 is 0 Å². The minimum Gasteiger partial charge on any atom is -0.495 e. The maximum atomic E-state index is 13.5. The number of hydrogen-bond acceptors (Lipinski definition) is 2. The second-order valence-corrected chi connectivity index (χ2v) is 5.68. The lowest BCUT2D eigenvalue weighted by molar-refractivity contribution is 0.407. The van der Waals surface area contributed by atoms with Gasteiger partial charge in [-0.3, -0.25) is 0 Å². The van der Waals surface area contributed by atoms with Crippen LogP contribution in [0.3, 0.4) is 0 Å². The van der Waals surface area contributed by atoms with Crippen LogP contribution in [0.5, 0.6) is 5.75 Å². The van der Waals surface area contributed by atoms with Gasteiger partial charge >= 0.3 is 0 Å². The van der Waals surface area contributed by atoms with E-state index in [1.54, 1.807) is 25.3 Å². The smallest absolute Gasteiger partial charge is 0.146 e. The number of methoxy groups -OCH3 is 1. The molecule has 100 valence electrons. The van der Waals surface area contributed by atoms with Crippen molar-refractivity contribution in [3.63, 3.8) is 0 Å². The van der Waals surface area contributed by atoms with Gasteiger partial charge in [-0.2, -0.15) is 0 Å². The second-order valence-electron chi connectivity index (χ2n) is 3.91. The summed E-state index contributed by atoms with van der Waals surface area (Å²) in [6, 6.07) is 10.4. The molecule has 2 aromatic carbocycles. The predicted octanol–water partition coefficient (Wildman–Crippen LogP) is 4.97. The number of ether oxygens (including phenoxy) is 1. The molecule has 0 atom stereocenters. The number of halogens is 3. The quantitative estimate of drug-likeness (QED) is 0.798. The molecule has 0 aliphatic heterocycles. The van der Waals surface area contributed by atoms with Gasteiger partial charge in [0.1, 0.15) is 11.6 Å². The fourth-order valence-corrected chi connectivity index (χ4v) is 3.24. The summed E-state index contributed by atoms with van der Waals surface area (Å²) in [5.74, 6) is 0.475. The second kappa shape index (κ2) is 6.39. The Morgan fingerprint density at radius 3 is 2.63 bits per heavy atom. The highest BCUT2D eigenvalue weighted by Gasteiger charge is 2.10. The molecule has 2 rings (SSSR count). The van der Waals surface area contributed by atoms with Crippen LogP contribution in [0, 0.1) is 5.82 Å². The van der Waals surface area contributed by atoms with Crippen molar-refractivity contribution in [2.75, 3.05) is 12.4 Å². The van der Waals surface area contributed by atoms with E-state index in [0.717, 1.165) is 20.3 Å². The molecule has 0 heterocycles. The van der Waals surface area contributed by atoms with Crippen LogP contribution in [0.2, 0.25) is 0 Å². The molecule has 0 spiro atoms. The van der Waals surface area contributed by atoms with Crippen LogP contribution < -0.4 is 10.1 Å². The Kier molecular flexibility index (Phi) is 4.82. The summed E-state index contributed by atoms with van der Waals surface area (Å²) in [5, 5.41) is 3.06. The molecule has 19 heavy (non-hydrogen) atoms. The highest BCUT2D eigenvalue weighted by Crippen LogP contribution is 2.33. The number of benzene rings is 2. The summed E-state index contributed by atoms with van der Waals surface area (Å²) in [7, 11) is 1.61. The first kappa shape index (κ1) is 14.3. The van der Waals surface area contributed by atoms with E-state index < -0.39 is 0 Å². The molecule has 0 unspecified atom stereocenters. The molecule has 0 aliphatic rings. The minimum absolute atomic E-state index is 0.268. The van der Waals surface area contributed by atoms with Gasteiger partial charge in [-0.05, 0) is 40.2 Å². The van der Waals surface area contributed by atoms with Crippen LogP contribution in [0.4, 0.5) is 10.1 Å². The molecular weight excluding hydrogens is 377 g/mol. The van der Waals surface area contributed by atoms with Crippen LogP contribution >= 0.6 is 31.9 Å². The van der Waals surface area contributed by atoms with Crippen molar-refractivity contribution in [1.29, 1.82) is 0 Å².